The first-order valence-electron chi connectivity index (χ1n) is 6.65. The van der Waals surface area contributed by atoms with Crippen LogP contribution in [0.5, 0.6) is 0 Å². The summed E-state index contributed by atoms with van der Waals surface area (Å²) in [5.41, 5.74) is 0. The summed E-state index contributed by atoms with van der Waals surface area (Å²) in [5.74, 6) is 0.140. The quantitative estimate of drug-likeness (QED) is 0.747. The maximum atomic E-state index is 11.8. The zero-order valence-electron chi connectivity index (χ0n) is 11.1. The molecule has 1 rings (SSSR count). The van der Waals surface area contributed by atoms with Crippen LogP contribution < -0.4 is 5.32 Å². The highest BCUT2D eigenvalue weighted by atomic mass is 32.2. The number of aliphatic carboxylic acids is 1. The average molecular weight is 273 g/mol. The van der Waals surface area contributed by atoms with Gasteiger partial charge in [-0.3, -0.25) is 9.59 Å². The number of hydrogen-bond donors (Lipinski definition) is 2. The summed E-state index contributed by atoms with van der Waals surface area (Å²) in [6, 6.07) is 0.277. The van der Waals surface area contributed by atoms with Crippen LogP contribution in [0.4, 0.5) is 0 Å². The summed E-state index contributed by atoms with van der Waals surface area (Å²) < 4.78 is 0. The highest BCUT2D eigenvalue weighted by Crippen LogP contribution is 2.30. The number of hydrogen-bond acceptors (Lipinski definition) is 3. The van der Waals surface area contributed by atoms with Gasteiger partial charge in [-0.1, -0.05) is 20.3 Å². The predicted molar refractivity (Wildman–Crippen MR) is 73.7 cm³/mol. The van der Waals surface area contributed by atoms with Gasteiger partial charge in [-0.15, -0.1) is 0 Å². The molecule has 3 unspecified atom stereocenters. The Hall–Kier alpha value is -0.710. The summed E-state index contributed by atoms with van der Waals surface area (Å²) >= 11 is 1.91. The van der Waals surface area contributed by atoms with E-state index in [1.807, 2.05) is 11.8 Å². The lowest BCUT2D eigenvalue weighted by atomic mass is 10.0. The zero-order valence-corrected chi connectivity index (χ0v) is 12.0. The van der Waals surface area contributed by atoms with Crippen LogP contribution in [0.15, 0.2) is 0 Å². The van der Waals surface area contributed by atoms with Crippen molar-refractivity contribution in [1.29, 1.82) is 0 Å². The van der Waals surface area contributed by atoms with E-state index >= 15 is 0 Å². The van der Waals surface area contributed by atoms with Gasteiger partial charge in [0.2, 0.25) is 5.91 Å². The van der Waals surface area contributed by atoms with Gasteiger partial charge in [-0.25, -0.2) is 0 Å². The summed E-state index contributed by atoms with van der Waals surface area (Å²) in [5, 5.41) is 12.3. The first kappa shape index (κ1) is 15.3. The van der Waals surface area contributed by atoms with E-state index in [9.17, 15) is 9.59 Å². The molecule has 1 saturated carbocycles. The molecular weight excluding hydrogens is 250 g/mol. The highest BCUT2D eigenvalue weighted by molar-refractivity contribution is 7.99. The molecule has 0 aromatic carbocycles. The molecule has 1 amide bonds. The van der Waals surface area contributed by atoms with Gasteiger partial charge in [-0.2, -0.15) is 11.8 Å². The van der Waals surface area contributed by atoms with E-state index in [0.29, 0.717) is 11.7 Å². The molecule has 2 N–H and O–H groups in total. The summed E-state index contributed by atoms with van der Waals surface area (Å²) in [6.07, 6.45) is 3.77. The molecular formula is C13H23NO3S. The molecule has 0 aromatic heterocycles. The van der Waals surface area contributed by atoms with Gasteiger partial charge in [0.25, 0.3) is 0 Å². The smallest absolute Gasteiger partial charge is 0.303 e. The fraction of sp³-hybridized carbons (Fsp3) is 0.846. The van der Waals surface area contributed by atoms with Crippen LogP contribution in [0.1, 0.15) is 46.0 Å². The van der Waals surface area contributed by atoms with E-state index in [4.69, 9.17) is 5.11 Å². The van der Waals surface area contributed by atoms with Gasteiger partial charge < -0.3 is 10.4 Å². The predicted octanol–water partition coefficient (Wildman–Crippen LogP) is 2.28. The van der Waals surface area contributed by atoms with Crippen LogP contribution >= 0.6 is 11.8 Å². The van der Waals surface area contributed by atoms with Crippen LogP contribution in [-0.4, -0.2) is 34.0 Å². The maximum Gasteiger partial charge on any atom is 0.303 e. The fourth-order valence-corrected chi connectivity index (χ4v) is 3.66. The first-order chi connectivity index (χ1) is 8.52. The Morgan fingerprint density at radius 1 is 1.39 bits per heavy atom. The molecule has 3 atom stereocenters. The minimum absolute atomic E-state index is 0.00245. The number of carboxylic acid groups (broad SMARTS) is 1. The Labute approximate surface area is 113 Å². The van der Waals surface area contributed by atoms with Crippen molar-refractivity contribution in [3.8, 4) is 0 Å². The number of rotatable bonds is 7. The molecule has 4 nitrogen and oxygen atoms in total. The average Bonchev–Trinajstić information content (AvgIpc) is 2.64. The summed E-state index contributed by atoms with van der Waals surface area (Å²) in [6.45, 7) is 3.94. The van der Waals surface area contributed by atoms with Crippen molar-refractivity contribution in [2.75, 3.05) is 5.75 Å². The van der Waals surface area contributed by atoms with Gasteiger partial charge >= 0.3 is 5.97 Å². The zero-order chi connectivity index (χ0) is 13.5. The Morgan fingerprint density at radius 2 is 2.11 bits per heavy atom. The molecule has 0 aromatic rings. The van der Waals surface area contributed by atoms with Crippen LogP contribution in [0.3, 0.4) is 0 Å². The molecule has 0 spiro atoms. The van der Waals surface area contributed by atoms with E-state index in [-0.39, 0.29) is 24.3 Å². The molecule has 104 valence electrons. The molecule has 1 fully saturated rings. The number of amides is 1. The Morgan fingerprint density at radius 3 is 2.72 bits per heavy atom. The topological polar surface area (TPSA) is 66.4 Å². The van der Waals surface area contributed by atoms with Crippen LogP contribution in [0.25, 0.3) is 0 Å². The second kappa shape index (κ2) is 7.67. The molecule has 5 heteroatoms. The van der Waals surface area contributed by atoms with E-state index in [1.54, 1.807) is 6.92 Å². The molecule has 0 heterocycles. The standard InChI is InChI=1S/C13H23NO3S/c1-3-18-11-6-4-5-10(11)14-12(15)7-9(2)8-13(16)17/h9-11H,3-8H2,1-2H3,(H,14,15)(H,16,17). The third-order valence-electron chi connectivity index (χ3n) is 3.24. The van der Waals surface area contributed by atoms with Crippen molar-refractivity contribution in [1.82, 2.24) is 5.32 Å². The van der Waals surface area contributed by atoms with Crippen LogP contribution in [-0.2, 0) is 9.59 Å². The summed E-state index contributed by atoms with van der Waals surface area (Å²) in [7, 11) is 0. The first-order valence-corrected chi connectivity index (χ1v) is 7.70. The van der Waals surface area contributed by atoms with Gasteiger partial charge in [0.05, 0.1) is 0 Å². The lowest BCUT2D eigenvalue weighted by Gasteiger charge is -2.21. The lowest BCUT2D eigenvalue weighted by molar-refractivity contribution is -0.138. The summed E-state index contributed by atoms with van der Waals surface area (Å²) in [4.78, 5) is 22.4. The molecule has 1 aliphatic carbocycles. The Balaban J connectivity index is 2.32. The van der Waals surface area contributed by atoms with Gasteiger partial charge in [0.1, 0.15) is 0 Å². The minimum Gasteiger partial charge on any atom is -0.481 e. The molecule has 18 heavy (non-hydrogen) atoms. The number of carbonyl (C=O) groups is 2. The van der Waals surface area contributed by atoms with Crippen molar-refractivity contribution in [3.63, 3.8) is 0 Å². The molecule has 0 aliphatic heterocycles. The van der Waals surface area contributed by atoms with Crippen molar-refractivity contribution in [2.24, 2.45) is 5.92 Å². The van der Waals surface area contributed by atoms with E-state index in [0.717, 1.165) is 12.2 Å². The number of carbonyl (C=O) groups excluding carboxylic acids is 1. The molecule has 0 bridgehead atoms. The minimum atomic E-state index is -0.837. The van der Waals surface area contributed by atoms with Crippen molar-refractivity contribution in [2.45, 2.75) is 57.2 Å². The van der Waals surface area contributed by atoms with Gasteiger partial charge in [-0.05, 0) is 24.5 Å². The molecule has 0 saturated heterocycles. The van der Waals surface area contributed by atoms with E-state index in [1.165, 1.54) is 12.8 Å². The second-order valence-corrected chi connectivity index (χ2v) is 6.52. The number of nitrogens with one attached hydrogen (secondary N) is 1. The fourth-order valence-electron chi connectivity index (χ4n) is 2.46. The van der Waals surface area contributed by atoms with Gasteiger partial charge in [0.15, 0.2) is 0 Å². The van der Waals surface area contributed by atoms with Crippen LogP contribution in [0.2, 0.25) is 0 Å². The number of carboxylic acids is 1. The molecule has 0 radical (unpaired) electrons. The lowest BCUT2D eigenvalue weighted by Crippen LogP contribution is -2.39. The third kappa shape index (κ3) is 5.29. The van der Waals surface area contributed by atoms with E-state index in [2.05, 4.69) is 12.2 Å². The van der Waals surface area contributed by atoms with Crippen molar-refractivity contribution in [3.05, 3.63) is 0 Å². The van der Waals surface area contributed by atoms with E-state index < -0.39 is 5.97 Å². The largest absolute Gasteiger partial charge is 0.481 e. The number of thioether (sulfide) groups is 1. The molecule has 1 aliphatic rings. The third-order valence-corrected chi connectivity index (χ3v) is 4.56. The maximum absolute atomic E-state index is 11.8. The Kier molecular flexibility index (Phi) is 6.54. The van der Waals surface area contributed by atoms with Crippen molar-refractivity contribution >= 4 is 23.6 Å². The van der Waals surface area contributed by atoms with Crippen molar-refractivity contribution < 1.29 is 14.7 Å². The van der Waals surface area contributed by atoms with Crippen LogP contribution in [0, 0.1) is 5.92 Å². The SMILES string of the molecule is CCSC1CCCC1NC(=O)CC(C)CC(=O)O. The Bertz CT molecular complexity index is 296. The second-order valence-electron chi connectivity index (χ2n) is 5.01. The van der Waals surface area contributed by atoms with Gasteiger partial charge in [0, 0.05) is 24.1 Å². The highest BCUT2D eigenvalue weighted by Gasteiger charge is 2.28. The normalized spacial score (nSPS) is 24.8. The monoisotopic (exact) mass is 273 g/mol.